The van der Waals surface area contributed by atoms with Gasteiger partial charge in [-0.3, -0.25) is 0 Å². The highest BCUT2D eigenvalue weighted by atomic mass is 32.2. The first-order chi connectivity index (χ1) is 9.52. The molecule has 0 saturated carbocycles. The molecule has 2 nitrogen and oxygen atoms in total. The Balaban J connectivity index is 2.45. The van der Waals surface area contributed by atoms with Gasteiger partial charge in [-0.1, -0.05) is 23.9 Å². The minimum atomic E-state index is -0.720. The number of aliphatic hydroxyl groups excluding tert-OH is 1. The number of hydrogen-bond acceptors (Lipinski definition) is 3. The lowest BCUT2D eigenvalue weighted by molar-refractivity contribution is 0.196. The van der Waals surface area contributed by atoms with Crippen molar-refractivity contribution in [2.45, 2.75) is 29.7 Å². The average molecular weight is 292 g/mol. The van der Waals surface area contributed by atoms with Crippen molar-refractivity contribution in [1.82, 2.24) is 0 Å². The molecular formula is C16H17FO2S. The molecule has 20 heavy (non-hydrogen) atoms. The lowest BCUT2D eigenvalue weighted by Gasteiger charge is -2.14. The van der Waals surface area contributed by atoms with Crippen LogP contribution >= 0.6 is 11.8 Å². The molecule has 4 heteroatoms. The monoisotopic (exact) mass is 292 g/mol. The molecule has 106 valence electrons. The zero-order chi connectivity index (χ0) is 14.7. The van der Waals surface area contributed by atoms with E-state index in [1.54, 1.807) is 27.0 Å². The van der Waals surface area contributed by atoms with E-state index in [1.807, 2.05) is 24.3 Å². The number of para-hydroxylation sites is 1. The molecule has 0 aromatic heterocycles. The molecular weight excluding hydrogens is 275 g/mol. The first-order valence-electron chi connectivity index (χ1n) is 6.32. The number of aliphatic hydroxyl groups is 1. The SMILES string of the molecule is COc1ccccc1Sc1cc(C)c(F)cc1[C@H](C)O. The topological polar surface area (TPSA) is 29.5 Å². The number of aryl methyl sites for hydroxylation is 1. The van der Waals surface area contributed by atoms with Crippen LogP contribution in [-0.2, 0) is 0 Å². The number of ether oxygens (including phenoxy) is 1. The zero-order valence-electron chi connectivity index (χ0n) is 11.7. The fourth-order valence-corrected chi connectivity index (χ4v) is 3.13. The molecule has 0 amide bonds. The van der Waals surface area contributed by atoms with E-state index in [9.17, 15) is 9.50 Å². The summed E-state index contributed by atoms with van der Waals surface area (Å²) in [6.07, 6.45) is -0.720. The van der Waals surface area contributed by atoms with E-state index < -0.39 is 6.10 Å². The van der Waals surface area contributed by atoms with Crippen molar-refractivity contribution >= 4 is 11.8 Å². The third-order valence-corrected chi connectivity index (χ3v) is 4.16. The molecule has 0 bridgehead atoms. The van der Waals surface area contributed by atoms with Crippen molar-refractivity contribution in [2.75, 3.05) is 7.11 Å². The van der Waals surface area contributed by atoms with Crippen LogP contribution in [-0.4, -0.2) is 12.2 Å². The normalized spacial score (nSPS) is 12.2. The average Bonchev–Trinajstić information content (AvgIpc) is 2.43. The molecule has 0 aliphatic rings. The maximum atomic E-state index is 13.7. The predicted molar refractivity (Wildman–Crippen MR) is 78.9 cm³/mol. The molecule has 0 fully saturated rings. The van der Waals surface area contributed by atoms with Crippen LogP contribution < -0.4 is 4.74 Å². The summed E-state index contributed by atoms with van der Waals surface area (Å²) in [5.74, 6) is 0.460. The minimum Gasteiger partial charge on any atom is -0.496 e. The molecule has 0 unspecified atom stereocenters. The first-order valence-corrected chi connectivity index (χ1v) is 7.13. The second-order valence-electron chi connectivity index (χ2n) is 4.57. The van der Waals surface area contributed by atoms with E-state index in [0.29, 0.717) is 11.1 Å². The lowest BCUT2D eigenvalue weighted by Crippen LogP contribution is -1.97. The molecule has 1 atom stereocenters. The second kappa shape index (κ2) is 6.29. The van der Waals surface area contributed by atoms with Crippen LogP contribution in [0.15, 0.2) is 46.2 Å². The van der Waals surface area contributed by atoms with Crippen LogP contribution in [0.2, 0.25) is 0 Å². The van der Waals surface area contributed by atoms with Gasteiger partial charge in [-0.15, -0.1) is 0 Å². The molecule has 0 aliphatic carbocycles. The molecule has 2 rings (SSSR count). The van der Waals surface area contributed by atoms with E-state index in [1.165, 1.54) is 17.8 Å². The van der Waals surface area contributed by atoms with Crippen LogP contribution in [0, 0.1) is 12.7 Å². The molecule has 2 aromatic rings. The highest BCUT2D eigenvalue weighted by molar-refractivity contribution is 7.99. The van der Waals surface area contributed by atoms with Crippen molar-refractivity contribution in [1.29, 1.82) is 0 Å². The number of halogens is 1. The molecule has 0 saturated heterocycles. The van der Waals surface area contributed by atoms with Crippen molar-refractivity contribution in [2.24, 2.45) is 0 Å². The number of hydrogen-bond donors (Lipinski definition) is 1. The number of methoxy groups -OCH3 is 1. The fourth-order valence-electron chi connectivity index (χ4n) is 1.91. The van der Waals surface area contributed by atoms with Gasteiger partial charge in [0.2, 0.25) is 0 Å². The highest BCUT2D eigenvalue weighted by Gasteiger charge is 2.14. The van der Waals surface area contributed by atoms with Gasteiger partial charge >= 0.3 is 0 Å². The Bertz CT molecular complexity index is 611. The second-order valence-corrected chi connectivity index (χ2v) is 5.65. The van der Waals surface area contributed by atoms with Crippen LogP contribution in [0.4, 0.5) is 4.39 Å². The molecule has 0 aliphatic heterocycles. The minimum absolute atomic E-state index is 0.301. The van der Waals surface area contributed by atoms with Gasteiger partial charge in [-0.2, -0.15) is 0 Å². The van der Waals surface area contributed by atoms with Crippen molar-refractivity contribution in [3.63, 3.8) is 0 Å². The summed E-state index contributed by atoms with van der Waals surface area (Å²) in [6, 6.07) is 10.8. The summed E-state index contributed by atoms with van der Waals surface area (Å²) in [5.41, 5.74) is 1.15. The van der Waals surface area contributed by atoms with Gasteiger partial charge in [-0.05, 0) is 49.2 Å². The van der Waals surface area contributed by atoms with Gasteiger partial charge in [0.15, 0.2) is 0 Å². The van der Waals surface area contributed by atoms with Gasteiger partial charge in [0.1, 0.15) is 11.6 Å². The smallest absolute Gasteiger partial charge is 0.132 e. The molecule has 2 aromatic carbocycles. The Morgan fingerprint density at radius 1 is 1.20 bits per heavy atom. The van der Waals surface area contributed by atoms with Crippen LogP contribution in [0.3, 0.4) is 0 Å². The van der Waals surface area contributed by atoms with Crippen molar-refractivity contribution < 1.29 is 14.2 Å². The third kappa shape index (κ3) is 3.14. The van der Waals surface area contributed by atoms with E-state index in [2.05, 4.69) is 0 Å². The van der Waals surface area contributed by atoms with Crippen LogP contribution in [0.25, 0.3) is 0 Å². The largest absolute Gasteiger partial charge is 0.496 e. The van der Waals surface area contributed by atoms with Crippen LogP contribution in [0.5, 0.6) is 5.75 Å². The summed E-state index contributed by atoms with van der Waals surface area (Å²) >= 11 is 1.46. The summed E-state index contributed by atoms with van der Waals surface area (Å²) in [6.45, 7) is 3.35. The summed E-state index contributed by atoms with van der Waals surface area (Å²) in [4.78, 5) is 1.77. The van der Waals surface area contributed by atoms with E-state index in [-0.39, 0.29) is 5.82 Å². The van der Waals surface area contributed by atoms with Gasteiger partial charge < -0.3 is 9.84 Å². The standard InChI is InChI=1S/C16H17FO2S/c1-10-8-16(12(11(2)18)9-13(10)17)20-15-7-5-4-6-14(15)19-3/h4-9,11,18H,1-3H3/t11-/m0/s1. The van der Waals surface area contributed by atoms with Crippen LogP contribution in [0.1, 0.15) is 24.2 Å². The number of rotatable bonds is 4. The van der Waals surface area contributed by atoms with Gasteiger partial charge in [0, 0.05) is 4.90 Å². The van der Waals surface area contributed by atoms with E-state index >= 15 is 0 Å². The molecule has 0 heterocycles. The molecule has 0 spiro atoms. The quantitative estimate of drug-likeness (QED) is 0.908. The Labute approximate surface area is 122 Å². The summed E-state index contributed by atoms with van der Waals surface area (Å²) in [5, 5.41) is 9.81. The van der Waals surface area contributed by atoms with Gasteiger partial charge in [0.25, 0.3) is 0 Å². The third-order valence-electron chi connectivity index (χ3n) is 3.03. The Morgan fingerprint density at radius 2 is 1.90 bits per heavy atom. The zero-order valence-corrected chi connectivity index (χ0v) is 12.5. The highest BCUT2D eigenvalue weighted by Crippen LogP contribution is 2.39. The Hall–Kier alpha value is -1.52. The van der Waals surface area contributed by atoms with Gasteiger partial charge in [0.05, 0.1) is 18.1 Å². The maximum Gasteiger partial charge on any atom is 0.132 e. The van der Waals surface area contributed by atoms with E-state index in [0.717, 1.165) is 15.5 Å². The van der Waals surface area contributed by atoms with Crippen molar-refractivity contribution in [3.05, 3.63) is 53.3 Å². The first kappa shape index (κ1) is 14.9. The maximum absolute atomic E-state index is 13.7. The lowest BCUT2D eigenvalue weighted by atomic mass is 10.1. The van der Waals surface area contributed by atoms with Crippen molar-refractivity contribution in [3.8, 4) is 5.75 Å². The predicted octanol–water partition coefficient (Wildman–Crippen LogP) is 4.35. The summed E-state index contributed by atoms with van der Waals surface area (Å²) < 4.78 is 19.0. The Kier molecular flexibility index (Phi) is 4.68. The van der Waals surface area contributed by atoms with Gasteiger partial charge in [-0.25, -0.2) is 4.39 Å². The Morgan fingerprint density at radius 3 is 2.55 bits per heavy atom. The van der Waals surface area contributed by atoms with E-state index in [4.69, 9.17) is 4.74 Å². The number of benzene rings is 2. The summed E-state index contributed by atoms with van der Waals surface area (Å²) in [7, 11) is 1.62. The molecule has 1 N–H and O–H groups in total. The molecule has 0 radical (unpaired) electrons. The fraction of sp³-hybridized carbons (Fsp3) is 0.250.